The van der Waals surface area contributed by atoms with Gasteiger partial charge in [0.2, 0.25) is 0 Å². The molecule has 4 unspecified atom stereocenters. The lowest BCUT2D eigenvalue weighted by Crippen LogP contribution is -2.48. The maximum absolute atomic E-state index is 10.9. The Kier molecular flexibility index (Phi) is 16.9. The number of ether oxygens (including phenoxy) is 5. The number of hydrogen-bond acceptors (Lipinski definition) is 12. The second-order valence-electron chi connectivity index (χ2n) is 13.3. The largest absolute Gasteiger partial charge is 0.467 e. The molecule has 0 fully saturated rings. The normalized spacial score (nSPS) is 16.5. The molecular formula is C48H46N2O10. The number of furan rings is 1. The maximum atomic E-state index is 10.9. The molecule has 12 nitrogen and oxygen atoms in total. The van der Waals surface area contributed by atoms with Gasteiger partial charge in [0.25, 0.3) is 12.9 Å². The molecular weight excluding hydrogens is 765 g/mol. The van der Waals surface area contributed by atoms with E-state index in [9.17, 15) is 19.2 Å². The van der Waals surface area contributed by atoms with Crippen LogP contribution in [0.2, 0.25) is 0 Å². The molecule has 4 aromatic carbocycles. The molecule has 2 bridgehead atoms. The van der Waals surface area contributed by atoms with E-state index in [0.717, 1.165) is 40.3 Å². The molecule has 7 rings (SSSR count). The minimum atomic E-state index is -0.819. The molecule has 1 aromatic heterocycles. The summed E-state index contributed by atoms with van der Waals surface area (Å²) in [5.74, 6) is 3.23. The predicted octanol–water partition coefficient (Wildman–Crippen LogP) is 7.07. The Hall–Kier alpha value is -7.36. The van der Waals surface area contributed by atoms with Gasteiger partial charge in [-0.1, -0.05) is 103 Å². The quantitative estimate of drug-likeness (QED) is 0.0262. The number of carbonyl (C=O) groups excluding carboxylic acids is 4. The van der Waals surface area contributed by atoms with E-state index in [-0.39, 0.29) is 31.4 Å². The van der Waals surface area contributed by atoms with Crippen molar-refractivity contribution < 1.29 is 47.3 Å². The summed E-state index contributed by atoms with van der Waals surface area (Å²) in [6, 6.07) is 44.6. The first-order chi connectivity index (χ1) is 29.4. The van der Waals surface area contributed by atoms with Crippen LogP contribution in [0.15, 0.2) is 167 Å². The number of benzene rings is 4. The molecule has 0 saturated heterocycles. The number of para-hydroxylation sites is 2. The van der Waals surface area contributed by atoms with Crippen LogP contribution in [-0.4, -0.2) is 70.1 Å². The fraction of sp³-hybridized carbons (Fsp3) is 0.208. The molecule has 2 aliphatic heterocycles. The van der Waals surface area contributed by atoms with Gasteiger partial charge in [-0.25, -0.2) is 9.59 Å². The van der Waals surface area contributed by atoms with Crippen molar-refractivity contribution in [3.8, 4) is 11.8 Å². The van der Waals surface area contributed by atoms with Gasteiger partial charge in [0, 0.05) is 34.4 Å². The molecule has 0 spiro atoms. The summed E-state index contributed by atoms with van der Waals surface area (Å²) in [5.41, 5.74) is 5.31. The van der Waals surface area contributed by atoms with Gasteiger partial charge in [0.1, 0.15) is 30.7 Å². The Morgan fingerprint density at radius 1 is 0.683 bits per heavy atom. The summed E-state index contributed by atoms with van der Waals surface area (Å²) < 4.78 is 30.4. The zero-order valence-corrected chi connectivity index (χ0v) is 33.2. The number of hydrogen-bond donors (Lipinski definition) is 2. The van der Waals surface area contributed by atoms with Crippen LogP contribution in [0.1, 0.15) is 22.9 Å². The van der Waals surface area contributed by atoms with Crippen molar-refractivity contribution in [1.29, 1.82) is 0 Å². The van der Waals surface area contributed by atoms with E-state index < -0.39 is 17.5 Å². The first kappa shape index (κ1) is 43.8. The lowest BCUT2D eigenvalue weighted by atomic mass is 9.79. The molecule has 12 heteroatoms. The Morgan fingerprint density at radius 2 is 1.20 bits per heavy atom. The molecule has 3 heterocycles. The molecule has 60 heavy (non-hydrogen) atoms. The monoisotopic (exact) mass is 810 g/mol. The smallest absolute Gasteiger partial charge is 0.384 e. The van der Waals surface area contributed by atoms with E-state index in [1.54, 1.807) is 6.26 Å². The van der Waals surface area contributed by atoms with E-state index in [1.807, 2.05) is 109 Å². The van der Waals surface area contributed by atoms with Crippen LogP contribution >= 0.6 is 0 Å². The number of anilines is 2. The highest BCUT2D eigenvalue weighted by Crippen LogP contribution is 2.47. The van der Waals surface area contributed by atoms with Crippen molar-refractivity contribution in [3.63, 3.8) is 0 Å². The van der Waals surface area contributed by atoms with Crippen molar-refractivity contribution in [2.75, 3.05) is 38.1 Å². The zero-order valence-electron chi connectivity index (χ0n) is 33.2. The van der Waals surface area contributed by atoms with Gasteiger partial charge in [0.05, 0.1) is 32.6 Å². The van der Waals surface area contributed by atoms with Gasteiger partial charge in [-0.2, -0.15) is 0 Å². The van der Waals surface area contributed by atoms with Crippen LogP contribution in [0.4, 0.5) is 11.4 Å². The summed E-state index contributed by atoms with van der Waals surface area (Å²) >= 11 is 0. The van der Waals surface area contributed by atoms with Gasteiger partial charge in [-0.3, -0.25) is 9.59 Å². The number of fused-ring (bicyclic) bond motifs is 2. The van der Waals surface area contributed by atoms with Gasteiger partial charge in [0.15, 0.2) is 0 Å². The van der Waals surface area contributed by atoms with E-state index in [0.29, 0.717) is 19.4 Å². The highest BCUT2D eigenvalue weighted by atomic mass is 16.5. The van der Waals surface area contributed by atoms with Crippen molar-refractivity contribution in [2.24, 2.45) is 0 Å². The topological polar surface area (TPSA) is 152 Å². The van der Waals surface area contributed by atoms with Crippen LogP contribution in [0, 0.1) is 11.8 Å². The first-order valence-electron chi connectivity index (χ1n) is 19.0. The molecule has 0 radical (unpaired) electrons. The molecule has 0 saturated carbocycles. The average molecular weight is 811 g/mol. The van der Waals surface area contributed by atoms with E-state index in [2.05, 4.69) is 68.6 Å². The van der Waals surface area contributed by atoms with Gasteiger partial charge in [-0.05, 0) is 66.4 Å². The maximum Gasteiger partial charge on any atom is 0.384 e. The minimum absolute atomic E-state index is 0.0731. The molecule has 2 aliphatic rings. The third-order valence-electron chi connectivity index (χ3n) is 9.48. The average Bonchev–Trinajstić information content (AvgIpc) is 4.06. The molecule has 308 valence electrons. The minimum Gasteiger partial charge on any atom is -0.467 e. The molecule has 2 N–H and O–H groups in total. The molecule has 4 atom stereocenters. The predicted molar refractivity (Wildman–Crippen MR) is 225 cm³/mol. The SMILES string of the molecule is COC(=O)C#CC(=O)OC.O=COCC1=C(COC=O)C2(C(Cc3ccccc3)Nc3ccccc3)C=CC1O2.c1ccc(CC(Nc2ccccc2)c2ccco2)cc1. The van der Waals surface area contributed by atoms with E-state index in [4.69, 9.17) is 18.6 Å². The van der Waals surface area contributed by atoms with Crippen molar-refractivity contribution in [2.45, 2.75) is 36.6 Å². The van der Waals surface area contributed by atoms with Crippen LogP contribution in [-0.2, 0) is 55.7 Å². The van der Waals surface area contributed by atoms with Crippen LogP contribution < -0.4 is 10.6 Å². The lowest BCUT2D eigenvalue weighted by Gasteiger charge is -2.37. The number of methoxy groups -OCH3 is 2. The molecule has 5 aromatic rings. The Labute approximate surface area is 349 Å². The molecule has 0 aliphatic carbocycles. The highest BCUT2D eigenvalue weighted by Gasteiger charge is 2.53. The standard InChI is InChI=1S/C24H23NO5.C18H17NO.C6H6O4/c26-16-28-14-20-21(15-29-17-27)24(12-11-22(20)30-24)23(13-18-7-3-1-4-8-18)25-19-9-5-2-6-10-19;1-3-8-15(9-4-1)14-17(18-12-7-13-20-18)19-16-10-5-2-6-11-16;1-9-5(7)3-4-6(8)10-2/h1-12,16-17,22-23,25H,13-15H2;1-13,17,19H,14H2;1-2H3. The lowest BCUT2D eigenvalue weighted by molar-refractivity contribution is -0.135. The fourth-order valence-corrected chi connectivity index (χ4v) is 6.72. The van der Waals surface area contributed by atoms with Gasteiger partial charge >= 0.3 is 11.9 Å². The summed E-state index contributed by atoms with van der Waals surface area (Å²) in [6.07, 6.45) is 6.97. The molecule has 0 amide bonds. The number of rotatable bonds is 16. The Bertz CT molecular complexity index is 2110. The number of esters is 2. The van der Waals surface area contributed by atoms with Crippen LogP contribution in [0.25, 0.3) is 0 Å². The Morgan fingerprint density at radius 3 is 1.72 bits per heavy atom. The number of nitrogens with one attached hydrogen (secondary N) is 2. The van der Waals surface area contributed by atoms with Crippen molar-refractivity contribution in [1.82, 2.24) is 0 Å². The van der Waals surface area contributed by atoms with Crippen molar-refractivity contribution >= 4 is 36.3 Å². The van der Waals surface area contributed by atoms with E-state index in [1.165, 1.54) is 19.8 Å². The second kappa shape index (κ2) is 23.1. The third-order valence-corrected chi connectivity index (χ3v) is 9.48. The van der Waals surface area contributed by atoms with Gasteiger partial charge < -0.3 is 38.7 Å². The summed E-state index contributed by atoms with van der Waals surface area (Å²) in [4.78, 5) is 42.2. The summed E-state index contributed by atoms with van der Waals surface area (Å²) in [5, 5.41) is 7.14. The third kappa shape index (κ3) is 12.6. The fourth-order valence-electron chi connectivity index (χ4n) is 6.72. The second-order valence-corrected chi connectivity index (χ2v) is 13.3. The number of carbonyl (C=O) groups is 4. The zero-order chi connectivity index (χ0) is 42.4. The van der Waals surface area contributed by atoms with Crippen LogP contribution in [0.5, 0.6) is 0 Å². The Balaban J connectivity index is 0.000000195. The van der Waals surface area contributed by atoms with E-state index >= 15 is 0 Å². The highest BCUT2D eigenvalue weighted by molar-refractivity contribution is 5.98. The van der Waals surface area contributed by atoms with Crippen molar-refractivity contribution in [3.05, 3.63) is 180 Å². The summed E-state index contributed by atoms with van der Waals surface area (Å²) in [7, 11) is 2.35. The summed E-state index contributed by atoms with van der Waals surface area (Å²) in [6.45, 7) is 1.01. The van der Waals surface area contributed by atoms with Crippen LogP contribution in [0.3, 0.4) is 0 Å². The first-order valence-corrected chi connectivity index (χ1v) is 19.0. The van der Waals surface area contributed by atoms with Gasteiger partial charge in [-0.15, -0.1) is 0 Å².